The average molecular weight is 455 g/mol. The van der Waals surface area contributed by atoms with Crippen molar-refractivity contribution < 1.29 is 23.7 Å². The third-order valence-corrected chi connectivity index (χ3v) is 4.84. The largest absolute Gasteiger partial charge is 0.495 e. The highest BCUT2D eigenvalue weighted by Crippen LogP contribution is 2.38. The lowest BCUT2D eigenvalue weighted by Gasteiger charge is -2.13. The number of ether oxygens (including phenoxy) is 4. The van der Waals surface area contributed by atoms with Crippen LogP contribution in [0.1, 0.15) is 21.5 Å². The van der Waals surface area contributed by atoms with E-state index in [1.807, 2.05) is 36.4 Å². The number of rotatable bonds is 8. The molecular weight excluding hydrogens is 432 g/mol. The number of anilines is 1. The molecule has 0 spiro atoms. The zero-order valence-corrected chi connectivity index (χ0v) is 18.9. The molecule has 2 aromatic carbocycles. The van der Waals surface area contributed by atoms with Crippen LogP contribution in [0, 0.1) is 0 Å². The number of carbonyl (C=O) groups is 1. The molecule has 0 saturated heterocycles. The molecule has 0 aliphatic rings. The van der Waals surface area contributed by atoms with Crippen LogP contribution in [0.4, 0.5) is 5.69 Å². The number of carbonyl (C=O) groups excluding carboxylic acids is 1. The highest BCUT2D eigenvalue weighted by Gasteiger charge is 2.13. The maximum absolute atomic E-state index is 12.6. The molecule has 0 aliphatic carbocycles. The van der Waals surface area contributed by atoms with Gasteiger partial charge in [-0.25, -0.2) is 4.98 Å². The van der Waals surface area contributed by atoms with Gasteiger partial charge >= 0.3 is 0 Å². The van der Waals surface area contributed by atoms with E-state index in [1.54, 1.807) is 46.6 Å². The second-order valence-corrected chi connectivity index (χ2v) is 6.96. The third kappa shape index (κ3) is 5.31. The number of nitrogens with one attached hydrogen (secondary N) is 1. The number of hydrogen-bond acceptors (Lipinski definition) is 6. The second-order valence-electron chi connectivity index (χ2n) is 6.58. The van der Waals surface area contributed by atoms with E-state index in [0.717, 1.165) is 11.1 Å². The Morgan fingerprint density at radius 1 is 0.844 bits per heavy atom. The molecule has 1 amide bonds. The fourth-order valence-corrected chi connectivity index (χ4v) is 3.13. The van der Waals surface area contributed by atoms with Gasteiger partial charge in [-0.05, 0) is 47.5 Å². The number of amides is 1. The molecule has 0 saturated carbocycles. The first-order valence-corrected chi connectivity index (χ1v) is 9.96. The van der Waals surface area contributed by atoms with Crippen molar-refractivity contribution in [2.45, 2.75) is 0 Å². The Kier molecular flexibility index (Phi) is 7.57. The van der Waals surface area contributed by atoms with E-state index in [1.165, 1.54) is 6.20 Å². The SMILES string of the molecule is COc1ccc(C=Cc2cc(OC)c(OC)c(OC)c2)cc1NC(=O)c1ccc(Cl)nc1. The van der Waals surface area contributed by atoms with E-state index in [-0.39, 0.29) is 5.91 Å². The maximum atomic E-state index is 12.6. The summed E-state index contributed by atoms with van der Waals surface area (Å²) in [4.78, 5) is 16.5. The van der Waals surface area contributed by atoms with Crippen LogP contribution in [0.3, 0.4) is 0 Å². The van der Waals surface area contributed by atoms with Gasteiger partial charge in [-0.15, -0.1) is 0 Å². The molecule has 8 heteroatoms. The van der Waals surface area contributed by atoms with Crippen molar-refractivity contribution in [2.24, 2.45) is 0 Å². The van der Waals surface area contributed by atoms with Crippen LogP contribution in [-0.4, -0.2) is 39.3 Å². The van der Waals surface area contributed by atoms with E-state index in [2.05, 4.69) is 10.3 Å². The fourth-order valence-electron chi connectivity index (χ4n) is 3.02. The summed E-state index contributed by atoms with van der Waals surface area (Å²) >= 11 is 5.79. The molecule has 7 nitrogen and oxygen atoms in total. The van der Waals surface area contributed by atoms with Crippen LogP contribution in [0.15, 0.2) is 48.7 Å². The minimum absolute atomic E-state index is 0.318. The number of pyridine rings is 1. The summed E-state index contributed by atoms with van der Waals surface area (Å²) in [6.07, 6.45) is 5.22. The zero-order valence-electron chi connectivity index (χ0n) is 18.1. The summed E-state index contributed by atoms with van der Waals surface area (Å²) in [5.41, 5.74) is 2.62. The lowest BCUT2D eigenvalue weighted by Crippen LogP contribution is -2.13. The number of aromatic nitrogens is 1. The molecule has 0 aliphatic heterocycles. The van der Waals surface area contributed by atoms with Gasteiger partial charge in [0, 0.05) is 6.20 Å². The molecule has 166 valence electrons. The van der Waals surface area contributed by atoms with Gasteiger partial charge in [-0.2, -0.15) is 0 Å². The van der Waals surface area contributed by atoms with E-state index < -0.39 is 0 Å². The monoisotopic (exact) mass is 454 g/mol. The minimum atomic E-state index is -0.321. The van der Waals surface area contributed by atoms with Gasteiger partial charge < -0.3 is 24.3 Å². The summed E-state index contributed by atoms with van der Waals surface area (Å²) in [7, 11) is 6.24. The van der Waals surface area contributed by atoms with Crippen molar-refractivity contribution in [1.82, 2.24) is 4.98 Å². The van der Waals surface area contributed by atoms with Crippen molar-refractivity contribution in [3.63, 3.8) is 0 Å². The lowest BCUT2D eigenvalue weighted by molar-refractivity contribution is 0.102. The molecule has 0 unspecified atom stereocenters. The fraction of sp³-hybridized carbons (Fsp3) is 0.167. The maximum Gasteiger partial charge on any atom is 0.257 e. The average Bonchev–Trinajstić information content (AvgIpc) is 2.82. The Hall–Kier alpha value is -3.71. The highest BCUT2D eigenvalue weighted by atomic mass is 35.5. The van der Waals surface area contributed by atoms with Gasteiger partial charge in [-0.3, -0.25) is 4.79 Å². The quantitative estimate of drug-likeness (QED) is 0.372. The van der Waals surface area contributed by atoms with E-state index >= 15 is 0 Å². The third-order valence-electron chi connectivity index (χ3n) is 4.62. The van der Waals surface area contributed by atoms with Crippen LogP contribution in [0.2, 0.25) is 5.15 Å². The molecule has 1 N–H and O–H groups in total. The number of benzene rings is 2. The molecule has 0 fully saturated rings. The van der Waals surface area contributed by atoms with Gasteiger partial charge in [0.2, 0.25) is 5.75 Å². The summed E-state index contributed by atoms with van der Waals surface area (Å²) in [5.74, 6) is 1.86. The summed E-state index contributed by atoms with van der Waals surface area (Å²) in [6.45, 7) is 0. The smallest absolute Gasteiger partial charge is 0.257 e. The molecule has 1 heterocycles. The topological polar surface area (TPSA) is 78.9 Å². The van der Waals surface area contributed by atoms with Crippen molar-refractivity contribution >= 4 is 35.3 Å². The molecule has 3 aromatic rings. The van der Waals surface area contributed by atoms with E-state index in [4.69, 9.17) is 30.5 Å². The van der Waals surface area contributed by atoms with Crippen LogP contribution >= 0.6 is 11.6 Å². The Morgan fingerprint density at radius 3 is 2.06 bits per heavy atom. The molecule has 0 bridgehead atoms. The first-order valence-electron chi connectivity index (χ1n) is 9.58. The first-order chi connectivity index (χ1) is 15.5. The van der Waals surface area contributed by atoms with Crippen molar-refractivity contribution in [1.29, 1.82) is 0 Å². The van der Waals surface area contributed by atoms with Gasteiger partial charge in [-0.1, -0.05) is 29.8 Å². The van der Waals surface area contributed by atoms with Gasteiger partial charge in [0.15, 0.2) is 11.5 Å². The Balaban J connectivity index is 1.87. The summed E-state index contributed by atoms with van der Waals surface area (Å²) in [5, 5.41) is 3.17. The molecule has 32 heavy (non-hydrogen) atoms. The number of methoxy groups -OCH3 is 4. The highest BCUT2D eigenvalue weighted by molar-refractivity contribution is 6.29. The van der Waals surface area contributed by atoms with Crippen molar-refractivity contribution in [3.05, 3.63) is 70.5 Å². The molecule has 1 aromatic heterocycles. The predicted octanol–water partition coefficient (Wildman–Crippen LogP) is 5.19. The van der Waals surface area contributed by atoms with Crippen molar-refractivity contribution in [3.8, 4) is 23.0 Å². The Morgan fingerprint density at radius 2 is 1.50 bits per heavy atom. The Labute approximate surface area is 191 Å². The van der Waals surface area contributed by atoms with Gasteiger partial charge in [0.1, 0.15) is 10.9 Å². The number of halogens is 1. The van der Waals surface area contributed by atoms with E-state index in [0.29, 0.717) is 39.4 Å². The summed E-state index contributed by atoms with van der Waals surface area (Å²) in [6, 6.07) is 12.3. The first kappa shape index (κ1) is 23.0. The van der Waals surface area contributed by atoms with Crippen LogP contribution in [0.5, 0.6) is 23.0 Å². The molecule has 3 rings (SSSR count). The van der Waals surface area contributed by atoms with Gasteiger partial charge in [0.25, 0.3) is 5.91 Å². The van der Waals surface area contributed by atoms with Crippen LogP contribution in [0.25, 0.3) is 12.2 Å². The second kappa shape index (κ2) is 10.5. The molecule has 0 atom stereocenters. The zero-order chi connectivity index (χ0) is 23.1. The molecular formula is C24H23ClN2O5. The predicted molar refractivity (Wildman–Crippen MR) is 125 cm³/mol. The Bertz CT molecular complexity index is 1100. The van der Waals surface area contributed by atoms with Crippen LogP contribution in [-0.2, 0) is 0 Å². The summed E-state index contributed by atoms with van der Waals surface area (Å²) < 4.78 is 21.5. The number of nitrogens with zero attached hydrogens (tertiary/aromatic N) is 1. The van der Waals surface area contributed by atoms with E-state index in [9.17, 15) is 4.79 Å². The molecule has 0 radical (unpaired) electrons. The normalized spacial score (nSPS) is 10.7. The standard InChI is InChI=1S/C24H23ClN2O5/c1-29-19-9-7-15(11-18(19)27-24(28)17-8-10-22(25)26-14-17)5-6-16-12-20(30-2)23(32-4)21(13-16)31-3/h5-14H,1-4H3,(H,27,28). The lowest BCUT2D eigenvalue weighted by atomic mass is 10.1. The van der Waals surface area contributed by atoms with Crippen molar-refractivity contribution in [2.75, 3.05) is 33.8 Å². The van der Waals surface area contributed by atoms with Crippen LogP contribution < -0.4 is 24.3 Å². The van der Waals surface area contributed by atoms with Gasteiger partial charge in [0.05, 0.1) is 39.7 Å². The number of hydrogen-bond donors (Lipinski definition) is 1. The minimum Gasteiger partial charge on any atom is -0.495 e.